The third kappa shape index (κ3) is 2.55. The van der Waals surface area contributed by atoms with Crippen molar-refractivity contribution in [3.05, 3.63) is 35.1 Å². The van der Waals surface area contributed by atoms with E-state index < -0.39 is 11.4 Å². The number of aliphatic carboxylic acids is 1. The number of carboxylic acid groups (broad SMARTS) is 1. The molecule has 1 aliphatic rings. The van der Waals surface area contributed by atoms with Crippen molar-refractivity contribution in [1.82, 2.24) is 0 Å². The van der Waals surface area contributed by atoms with E-state index in [1.807, 2.05) is 0 Å². The molecule has 18 heavy (non-hydrogen) atoms. The zero-order chi connectivity index (χ0) is 13.2. The average molecular weight is 250 g/mol. The highest BCUT2D eigenvalue weighted by molar-refractivity contribution is 5.75. The molecule has 0 amide bonds. The lowest BCUT2D eigenvalue weighted by Crippen LogP contribution is -2.35. The van der Waals surface area contributed by atoms with Crippen molar-refractivity contribution in [1.29, 1.82) is 0 Å². The van der Waals surface area contributed by atoms with Crippen LogP contribution >= 0.6 is 0 Å². The van der Waals surface area contributed by atoms with Crippen LogP contribution in [0.15, 0.2) is 18.2 Å². The smallest absolute Gasteiger partial charge is 0.309 e. The summed E-state index contributed by atoms with van der Waals surface area (Å²) in [5, 5.41) is 9.50. The zero-order valence-electron chi connectivity index (χ0n) is 10.7. The van der Waals surface area contributed by atoms with E-state index in [2.05, 4.69) is 0 Å². The Balaban J connectivity index is 2.23. The van der Waals surface area contributed by atoms with E-state index >= 15 is 0 Å². The molecule has 1 N–H and O–H groups in total. The fourth-order valence-corrected chi connectivity index (χ4v) is 2.90. The highest BCUT2D eigenvalue weighted by Gasteiger charge is 2.39. The van der Waals surface area contributed by atoms with Gasteiger partial charge in [0.1, 0.15) is 5.82 Å². The normalized spacial score (nSPS) is 18.6. The van der Waals surface area contributed by atoms with Gasteiger partial charge in [-0.2, -0.15) is 0 Å². The predicted molar refractivity (Wildman–Crippen MR) is 68.0 cm³/mol. The van der Waals surface area contributed by atoms with Crippen molar-refractivity contribution >= 4 is 5.97 Å². The highest BCUT2D eigenvalue weighted by atomic mass is 19.1. The summed E-state index contributed by atoms with van der Waals surface area (Å²) < 4.78 is 13.2. The number of rotatable bonds is 3. The molecule has 0 heterocycles. The first-order valence-electron chi connectivity index (χ1n) is 6.52. The van der Waals surface area contributed by atoms with Crippen molar-refractivity contribution in [2.45, 2.75) is 45.4 Å². The largest absolute Gasteiger partial charge is 0.481 e. The van der Waals surface area contributed by atoms with E-state index in [9.17, 15) is 14.3 Å². The molecule has 0 unspecified atom stereocenters. The summed E-state index contributed by atoms with van der Waals surface area (Å²) in [7, 11) is 0. The molecule has 0 aliphatic heterocycles. The third-order valence-corrected chi connectivity index (χ3v) is 4.03. The van der Waals surface area contributed by atoms with E-state index in [0.29, 0.717) is 12.0 Å². The lowest BCUT2D eigenvalue weighted by atomic mass is 9.70. The van der Waals surface area contributed by atoms with Gasteiger partial charge in [0, 0.05) is 0 Å². The summed E-state index contributed by atoms with van der Waals surface area (Å²) in [6, 6.07) is 4.92. The Morgan fingerprint density at radius 2 is 2.00 bits per heavy atom. The summed E-state index contributed by atoms with van der Waals surface area (Å²) in [6.07, 6.45) is 5.07. The number of aryl methyl sites for hydroxylation is 1. The van der Waals surface area contributed by atoms with Crippen LogP contribution in [0.3, 0.4) is 0 Å². The van der Waals surface area contributed by atoms with Crippen LogP contribution in [-0.2, 0) is 11.2 Å². The predicted octanol–water partition coefficient (Wildman–Crippen LogP) is 3.71. The first-order chi connectivity index (χ1) is 8.53. The summed E-state index contributed by atoms with van der Waals surface area (Å²) >= 11 is 0. The van der Waals surface area contributed by atoms with E-state index in [1.54, 1.807) is 19.1 Å². The van der Waals surface area contributed by atoms with Gasteiger partial charge in [0.25, 0.3) is 0 Å². The van der Waals surface area contributed by atoms with Gasteiger partial charge < -0.3 is 5.11 Å². The summed E-state index contributed by atoms with van der Waals surface area (Å²) in [6.45, 7) is 1.72. The molecule has 1 aliphatic carbocycles. The van der Waals surface area contributed by atoms with Crippen LogP contribution in [0.4, 0.5) is 4.39 Å². The lowest BCUT2D eigenvalue weighted by molar-refractivity contribution is -0.151. The Hall–Kier alpha value is -1.38. The van der Waals surface area contributed by atoms with Crippen molar-refractivity contribution in [3.8, 4) is 0 Å². The summed E-state index contributed by atoms with van der Waals surface area (Å²) in [5.74, 6) is -0.934. The number of hydrogen-bond donors (Lipinski definition) is 1. The minimum Gasteiger partial charge on any atom is -0.481 e. The second-order valence-electron chi connectivity index (χ2n) is 5.41. The molecule has 0 spiro atoms. The minimum absolute atomic E-state index is 0.230. The van der Waals surface area contributed by atoms with Gasteiger partial charge in [-0.05, 0) is 43.4 Å². The summed E-state index contributed by atoms with van der Waals surface area (Å²) in [5.41, 5.74) is 0.879. The maximum atomic E-state index is 13.2. The molecule has 1 saturated carbocycles. The van der Waals surface area contributed by atoms with Crippen LogP contribution in [0.25, 0.3) is 0 Å². The van der Waals surface area contributed by atoms with E-state index in [-0.39, 0.29) is 5.82 Å². The molecule has 0 saturated heterocycles. The number of carboxylic acids is 1. The molecular formula is C15H19FO2. The van der Waals surface area contributed by atoms with E-state index in [4.69, 9.17) is 0 Å². The number of benzene rings is 1. The minimum atomic E-state index is -0.704. The molecule has 1 fully saturated rings. The van der Waals surface area contributed by atoms with Crippen molar-refractivity contribution in [2.75, 3.05) is 0 Å². The number of carbonyl (C=O) groups is 1. The van der Waals surface area contributed by atoms with Crippen molar-refractivity contribution in [3.63, 3.8) is 0 Å². The van der Waals surface area contributed by atoms with Crippen LogP contribution in [0.5, 0.6) is 0 Å². The molecule has 0 atom stereocenters. The third-order valence-electron chi connectivity index (χ3n) is 4.03. The van der Waals surface area contributed by atoms with Gasteiger partial charge in [0.05, 0.1) is 5.41 Å². The molecule has 0 aromatic heterocycles. The summed E-state index contributed by atoms with van der Waals surface area (Å²) in [4.78, 5) is 11.6. The Bertz CT molecular complexity index is 448. The Labute approximate surface area is 107 Å². The molecule has 2 nitrogen and oxygen atoms in total. The van der Waals surface area contributed by atoms with Crippen LogP contribution < -0.4 is 0 Å². The fourth-order valence-electron chi connectivity index (χ4n) is 2.90. The maximum absolute atomic E-state index is 13.2. The molecular weight excluding hydrogens is 231 g/mol. The van der Waals surface area contributed by atoms with Gasteiger partial charge in [-0.25, -0.2) is 4.39 Å². The first-order valence-corrected chi connectivity index (χ1v) is 6.52. The topological polar surface area (TPSA) is 37.3 Å². The first kappa shape index (κ1) is 13.1. The second-order valence-corrected chi connectivity index (χ2v) is 5.41. The van der Waals surface area contributed by atoms with Gasteiger partial charge in [0.2, 0.25) is 0 Å². The molecule has 0 bridgehead atoms. The van der Waals surface area contributed by atoms with E-state index in [1.165, 1.54) is 6.07 Å². The van der Waals surface area contributed by atoms with Crippen LogP contribution in [-0.4, -0.2) is 11.1 Å². The number of hydrogen-bond acceptors (Lipinski definition) is 1. The SMILES string of the molecule is Cc1cc(CC2(C(=O)O)CCCCC2)ccc1F. The molecule has 0 radical (unpaired) electrons. The van der Waals surface area contributed by atoms with Crippen LogP contribution in [0, 0.1) is 18.2 Å². The second kappa shape index (κ2) is 5.09. The zero-order valence-corrected chi connectivity index (χ0v) is 10.7. The Morgan fingerprint density at radius 3 is 2.56 bits per heavy atom. The monoisotopic (exact) mass is 250 g/mol. The van der Waals surface area contributed by atoms with E-state index in [0.717, 1.165) is 37.7 Å². The molecule has 98 valence electrons. The van der Waals surface area contributed by atoms with Gasteiger partial charge in [-0.3, -0.25) is 4.79 Å². The molecule has 1 aromatic carbocycles. The Morgan fingerprint density at radius 1 is 1.33 bits per heavy atom. The van der Waals surface area contributed by atoms with Crippen LogP contribution in [0.1, 0.15) is 43.2 Å². The van der Waals surface area contributed by atoms with Gasteiger partial charge in [-0.1, -0.05) is 31.4 Å². The maximum Gasteiger partial charge on any atom is 0.309 e. The van der Waals surface area contributed by atoms with Crippen LogP contribution in [0.2, 0.25) is 0 Å². The average Bonchev–Trinajstić information content (AvgIpc) is 2.35. The van der Waals surface area contributed by atoms with Crippen molar-refractivity contribution < 1.29 is 14.3 Å². The highest BCUT2D eigenvalue weighted by Crippen LogP contribution is 2.39. The lowest BCUT2D eigenvalue weighted by Gasteiger charge is -2.33. The van der Waals surface area contributed by atoms with Gasteiger partial charge in [0.15, 0.2) is 0 Å². The van der Waals surface area contributed by atoms with Gasteiger partial charge >= 0.3 is 5.97 Å². The molecule has 1 aromatic rings. The standard InChI is InChI=1S/C15H19FO2/c1-11-9-12(5-6-13(11)16)10-15(14(17)18)7-3-2-4-8-15/h5-6,9H,2-4,7-8,10H2,1H3,(H,17,18). The van der Waals surface area contributed by atoms with Crippen molar-refractivity contribution in [2.24, 2.45) is 5.41 Å². The Kier molecular flexibility index (Phi) is 3.69. The molecule has 2 rings (SSSR count). The number of halogens is 1. The fraction of sp³-hybridized carbons (Fsp3) is 0.533. The quantitative estimate of drug-likeness (QED) is 0.887. The van der Waals surface area contributed by atoms with Gasteiger partial charge in [-0.15, -0.1) is 0 Å². The molecule has 3 heteroatoms.